The predicted octanol–water partition coefficient (Wildman–Crippen LogP) is 3.32. The van der Waals surface area contributed by atoms with E-state index in [1.54, 1.807) is 6.20 Å². The molecule has 0 bridgehead atoms. The number of rotatable bonds is 6. The van der Waals surface area contributed by atoms with Crippen molar-refractivity contribution in [2.24, 2.45) is 0 Å². The Kier molecular flexibility index (Phi) is 4.93. The number of nitrogens with one attached hydrogen (secondary N) is 1. The third kappa shape index (κ3) is 3.95. The quantitative estimate of drug-likeness (QED) is 0.874. The lowest BCUT2D eigenvalue weighted by Gasteiger charge is -2.18. The molecule has 0 aliphatic carbocycles. The number of benzene rings is 1. The molecule has 1 aromatic heterocycles. The number of anilines is 2. The van der Waals surface area contributed by atoms with Crippen LogP contribution in [0.1, 0.15) is 25.8 Å². The fourth-order valence-corrected chi connectivity index (χ4v) is 1.90. The molecular formula is C16H22N4. The maximum atomic E-state index is 4.56. The van der Waals surface area contributed by atoms with Crippen LogP contribution in [0.2, 0.25) is 0 Å². The third-order valence-electron chi connectivity index (χ3n) is 3.25. The maximum absolute atomic E-state index is 4.56. The minimum atomic E-state index is 0.414. The molecule has 20 heavy (non-hydrogen) atoms. The second kappa shape index (κ2) is 6.89. The van der Waals surface area contributed by atoms with Gasteiger partial charge in [-0.15, -0.1) is 0 Å². The molecule has 0 saturated heterocycles. The topological polar surface area (TPSA) is 41.1 Å². The molecule has 2 rings (SSSR count). The summed E-state index contributed by atoms with van der Waals surface area (Å²) >= 11 is 0. The number of hydrogen-bond acceptors (Lipinski definition) is 4. The Morgan fingerprint density at radius 1 is 1.20 bits per heavy atom. The average Bonchev–Trinajstić information content (AvgIpc) is 2.48. The van der Waals surface area contributed by atoms with Crippen molar-refractivity contribution >= 4 is 11.8 Å². The van der Waals surface area contributed by atoms with Crippen LogP contribution in [0.5, 0.6) is 0 Å². The largest absolute Gasteiger partial charge is 0.367 e. The molecule has 0 spiro atoms. The molecule has 0 aliphatic rings. The van der Waals surface area contributed by atoms with Gasteiger partial charge in [0.15, 0.2) is 0 Å². The lowest BCUT2D eigenvalue weighted by molar-refractivity contribution is 0.756. The molecule has 1 unspecified atom stereocenters. The Morgan fingerprint density at radius 3 is 2.65 bits per heavy atom. The van der Waals surface area contributed by atoms with Gasteiger partial charge in [-0.05, 0) is 25.0 Å². The zero-order valence-electron chi connectivity index (χ0n) is 12.4. The van der Waals surface area contributed by atoms with Crippen LogP contribution in [-0.4, -0.2) is 23.1 Å². The normalized spacial score (nSPS) is 11.9. The van der Waals surface area contributed by atoms with Gasteiger partial charge in [0.05, 0.1) is 0 Å². The predicted molar refractivity (Wildman–Crippen MR) is 84.0 cm³/mol. The van der Waals surface area contributed by atoms with Gasteiger partial charge in [0.25, 0.3) is 0 Å². The highest BCUT2D eigenvalue weighted by Gasteiger charge is 2.07. The van der Waals surface area contributed by atoms with Crippen molar-refractivity contribution in [3.8, 4) is 0 Å². The van der Waals surface area contributed by atoms with E-state index in [1.165, 1.54) is 5.56 Å². The van der Waals surface area contributed by atoms with E-state index < -0.39 is 0 Å². The molecule has 4 nitrogen and oxygen atoms in total. The molecule has 0 amide bonds. The van der Waals surface area contributed by atoms with Gasteiger partial charge < -0.3 is 10.2 Å². The first-order valence-electron chi connectivity index (χ1n) is 7.03. The number of nitrogens with zero attached hydrogens (tertiary/aromatic N) is 3. The van der Waals surface area contributed by atoms with Crippen molar-refractivity contribution in [3.63, 3.8) is 0 Å². The van der Waals surface area contributed by atoms with Gasteiger partial charge in [0, 0.05) is 25.8 Å². The summed E-state index contributed by atoms with van der Waals surface area (Å²) in [4.78, 5) is 11.0. The van der Waals surface area contributed by atoms with Crippen molar-refractivity contribution in [3.05, 3.63) is 48.2 Å². The lowest BCUT2D eigenvalue weighted by Crippen LogP contribution is -2.20. The van der Waals surface area contributed by atoms with Gasteiger partial charge in [-0.2, -0.15) is 4.98 Å². The molecule has 0 fully saturated rings. The molecule has 1 heterocycles. The summed E-state index contributed by atoms with van der Waals surface area (Å²) in [6.45, 7) is 5.10. The van der Waals surface area contributed by atoms with E-state index >= 15 is 0 Å². The summed E-state index contributed by atoms with van der Waals surface area (Å²) in [6.07, 6.45) is 2.87. The smallest absolute Gasteiger partial charge is 0.227 e. The summed E-state index contributed by atoms with van der Waals surface area (Å²) in [5, 5.41) is 3.37. The molecule has 1 atom stereocenters. The van der Waals surface area contributed by atoms with E-state index in [0.29, 0.717) is 6.04 Å². The first-order valence-corrected chi connectivity index (χ1v) is 7.03. The van der Waals surface area contributed by atoms with Crippen LogP contribution in [0.3, 0.4) is 0 Å². The highest BCUT2D eigenvalue weighted by Crippen LogP contribution is 2.13. The lowest BCUT2D eigenvalue weighted by atomic mass is 10.2. The van der Waals surface area contributed by atoms with Crippen molar-refractivity contribution in [2.75, 3.05) is 17.3 Å². The second-order valence-corrected chi connectivity index (χ2v) is 5.04. The Bertz CT molecular complexity index is 527. The molecule has 4 heteroatoms. The summed E-state index contributed by atoms with van der Waals surface area (Å²) in [6, 6.07) is 12.7. The van der Waals surface area contributed by atoms with E-state index in [4.69, 9.17) is 0 Å². The van der Waals surface area contributed by atoms with Crippen LogP contribution in [0.25, 0.3) is 0 Å². The molecular weight excluding hydrogens is 248 g/mol. The highest BCUT2D eigenvalue weighted by atomic mass is 15.2. The molecule has 1 N–H and O–H groups in total. The van der Waals surface area contributed by atoms with E-state index in [-0.39, 0.29) is 0 Å². The van der Waals surface area contributed by atoms with Crippen LogP contribution in [0.15, 0.2) is 42.6 Å². The van der Waals surface area contributed by atoms with E-state index in [2.05, 4.69) is 46.2 Å². The minimum Gasteiger partial charge on any atom is -0.367 e. The van der Waals surface area contributed by atoms with Crippen LogP contribution >= 0.6 is 0 Å². The van der Waals surface area contributed by atoms with Gasteiger partial charge in [-0.1, -0.05) is 37.3 Å². The number of hydrogen-bond donors (Lipinski definition) is 1. The molecule has 0 radical (unpaired) electrons. The van der Waals surface area contributed by atoms with Gasteiger partial charge in [-0.3, -0.25) is 0 Å². The second-order valence-electron chi connectivity index (χ2n) is 5.04. The van der Waals surface area contributed by atoms with E-state index in [1.807, 2.05) is 31.3 Å². The monoisotopic (exact) mass is 270 g/mol. The molecule has 0 saturated carbocycles. The average molecular weight is 270 g/mol. The molecule has 0 aliphatic heterocycles. The molecule has 106 valence electrons. The standard InChI is InChI=1S/C16H22N4/c1-4-13(2)18-15-10-11-17-16(19-15)20(3)12-14-8-6-5-7-9-14/h5-11,13H,4,12H2,1-3H3,(H,17,18,19). The molecule has 1 aromatic carbocycles. The van der Waals surface area contributed by atoms with Crippen LogP contribution in [-0.2, 0) is 6.54 Å². The summed E-state index contributed by atoms with van der Waals surface area (Å²) in [5.41, 5.74) is 1.25. The van der Waals surface area contributed by atoms with Gasteiger partial charge in [-0.25, -0.2) is 4.98 Å². The van der Waals surface area contributed by atoms with Gasteiger partial charge in [0.1, 0.15) is 5.82 Å². The fraction of sp³-hybridized carbons (Fsp3) is 0.375. The molecule has 2 aromatic rings. The van der Waals surface area contributed by atoms with Crippen LogP contribution < -0.4 is 10.2 Å². The maximum Gasteiger partial charge on any atom is 0.227 e. The van der Waals surface area contributed by atoms with Gasteiger partial charge >= 0.3 is 0 Å². The summed E-state index contributed by atoms with van der Waals surface area (Å²) in [5.74, 6) is 1.62. The minimum absolute atomic E-state index is 0.414. The third-order valence-corrected chi connectivity index (χ3v) is 3.25. The highest BCUT2D eigenvalue weighted by molar-refractivity contribution is 5.41. The van der Waals surface area contributed by atoms with E-state index in [0.717, 1.165) is 24.7 Å². The Hall–Kier alpha value is -2.10. The van der Waals surface area contributed by atoms with Gasteiger partial charge in [0.2, 0.25) is 5.95 Å². The fourth-order valence-electron chi connectivity index (χ4n) is 1.90. The van der Waals surface area contributed by atoms with Crippen molar-refractivity contribution in [1.29, 1.82) is 0 Å². The van der Waals surface area contributed by atoms with Crippen molar-refractivity contribution < 1.29 is 0 Å². The van der Waals surface area contributed by atoms with Crippen LogP contribution in [0.4, 0.5) is 11.8 Å². The van der Waals surface area contributed by atoms with E-state index in [9.17, 15) is 0 Å². The summed E-state index contributed by atoms with van der Waals surface area (Å²) in [7, 11) is 2.01. The Morgan fingerprint density at radius 2 is 1.95 bits per heavy atom. The Balaban J connectivity index is 2.06. The zero-order valence-corrected chi connectivity index (χ0v) is 12.4. The van der Waals surface area contributed by atoms with Crippen molar-refractivity contribution in [1.82, 2.24) is 9.97 Å². The van der Waals surface area contributed by atoms with Crippen molar-refractivity contribution in [2.45, 2.75) is 32.9 Å². The Labute approximate surface area is 120 Å². The first-order chi connectivity index (χ1) is 9.69. The SMILES string of the molecule is CCC(C)Nc1ccnc(N(C)Cc2ccccc2)n1. The first kappa shape index (κ1) is 14.3. The number of aromatic nitrogens is 2. The summed E-state index contributed by atoms with van der Waals surface area (Å²) < 4.78 is 0. The zero-order chi connectivity index (χ0) is 14.4. The van der Waals surface area contributed by atoms with Crippen LogP contribution in [0, 0.1) is 0 Å².